The molecule has 0 saturated heterocycles. The van der Waals surface area contributed by atoms with E-state index in [9.17, 15) is 4.79 Å². The van der Waals surface area contributed by atoms with Crippen molar-refractivity contribution in [3.8, 4) is 0 Å². The van der Waals surface area contributed by atoms with E-state index < -0.39 is 5.97 Å². The predicted molar refractivity (Wildman–Crippen MR) is 35.9 cm³/mol. The van der Waals surface area contributed by atoms with Crippen LogP contribution in [0, 0.1) is 6.04 Å². The molecule has 0 fully saturated rings. The Labute approximate surface area is 60.3 Å². The van der Waals surface area contributed by atoms with Crippen LogP contribution in [0.2, 0.25) is 0 Å². The third-order valence-corrected chi connectivity index (χ3v) is 0.909. The first kappa shape index (κ1) is 9.39. The standard InChI is InChI=1S/C6H12NO3/c1-3-10-4-5(7)6(8)9-2/h3-4,7H2,1-2H3. The van der Waals surface area contributed by atoms with E-state index in [-0.39, 0.29) is 12.6 Å². The van der Waals surface area contributed by atoms with Crippen molar-refractivity contribution in [1.82, 2.24) is 0 Å². The molecular weight excluding hydrogens is 134 g/mol. The van der Waals surface area contributed by atoms with E-state index in [1.165, 1.54) is 7.11 Å². The average molecular weight is 146 g/mol. The molecule has 0 aliphatic carbocycles. The van der Waals surface area contributed by atoms with Gasteiger partial charge in [0.1, 0.15) is 0 Å². The molecule has 0 aliphatic heterocycles. The first-order valence-corrected chi connectivity index (χ1v) is 2.99. The minimum Gasteiger partial charge on any atom is -0.468 e. The summed E-state index contributed by atoms with van der Waals surface area (Å²) in [6.45, 7) is 2.51. The van der Waals surface area contributed by atoms with Crippen LogP contribution < -0.4 is 5.73 Å². The van der Waals surface area contributed by atoms with Crippen LogP contribution in [-0.2, 0) is 14.3 Å². The number of carbonyl (C=O) groups is 1. The van der Waals surface area contributed by atoms with E-state index in [1.807, 2.05) is 6.92 Å². The molecule has 0 aromatic carbocycles. The van der Waals surface area contributed by atoms with Crippen LogP contribution in [0.25, 0.3) is 0 Å². The minimum atomic E-state index is -0.520. The maximum absolute atomic E-state index is 10.6. The van der Waals surface area contributed by atoms with Crippen LogP contribution in [0.1, 0.15) is 6.92 Å². The zero-order chi connectivity index (χ0) is 7.98. The molecule has 0 heterocycles. The van der Waals surface area contributed by atoms with Crippen LogP contribution in [0.3, 0.4) is 0 Å². The van der Waals surface area contributed by atoms with Crippen molar-refractivity contribution >= 4 is 5.97 Å². The van der Waals surface area contributed by atoms with Gasteiger partial charge < -0.3 is 15.2 Å². The molecule has 0 atom stereocenters. The highest BCUT2D eigenvalue weighted by molar-refractivity contribution is 5.83. The largest absolute Gasteiger partial charge is 0.468 e. The fraction of sp³-hybridized carbons (Fsp3) is 0.667. The van der Waals surface area contributed by atoms with Gasteiger partial charge in [0.15, 0.2) is 6.04 Å². The number of methoxy groups -OCH3 is 1. The minimum absolute atomic E-state index is 0.101. The maximum Gasteiger partial charge on any atom is 0.330 e. The number of nitrogens with two attached hydrogens (primary N) is 1. The molecule has 0 spiro atoms. The Hall–Kier alpha value is -0.610. The van der Waals surface area contributed by atoms with Gasteiger partial charge >= 0.3 is 5.97 Å². The normalized spacial score (nSPS) is 10.0. The van der Waals surface area contributed by atoms with Crippen LogP contribution in [0.5, 0.6) is 0 Å². The molecule has 1 radical (unpaired) electrons. The van der Waals surface area contributed by atoms with Gasteiger partial charge in [-0.1, -0.05) is 0 Å². The quantitative estimate of drug-likeness (QED) is 0.552. The molecule has 0 bridgehead atoms. The molecule has 0 unspecified atom stereocenters. The second-order valence-electron chi connectivity index (χ2n) is 1.65. The number of esters is 1. The number of hydrogen-bond acceptors (Lipinski definition) is 4. The lowest BCUT2D eigenvalue weighted by atomic mass is 10.3. The van der Waals surface area contributed by atoms with Gasteiger partial charge in [-0.3, -0.25) is 0 Å². The zero-order valence-electron chi connectivity index (χ0n) is 6.22. The third-order valence-electron chi connectivity index (χ3n) is 0.909. The average Bonchev–Trinajstić information content (AvgIpc) is 1.98. The molecule has 10 heavy (non-hydrogen) atoms. The first-order chi connectivity index (χ1) is 4.72. The molecule has 0 aromatic rings. The summed E-state index contributed by atoms with van der Waals surface area (Å²) in [6.07, 6.45) is 0. The smallest absolute Gasteiger partial charge is 0.330 e. The van der Waals surface area contributed by atoms with Crippen molar-refractivity contribution < 1.29 is 14.3 Å². The lowest BCUT2D eigenvalue weighted by Gasteiger charge is -2.06. The Morgan fingerprint density at radius 3 is 2.60 bits per heavy atom. The Morgan fingerprint density at radius 1 is 1.60 bits per heavy atom. The summed E-state index contributed by atoms with van der Waals surface area (Å²) in [7, 11) is 1.28. The second-order valence-corrected chi connectivity index (χ2v) is 1.65. The Bertz CT molecular complexity index is 105. The van der Waals surface area contributed by atoms with Crippen molar-refractivity contribution in [1.29, 1.82) is 0 Å². The summed E-state index contributed by atoms with van der Waals surface area (Å²) in [5.41, 5.74) is 5.23. The molecule has 4 heteroatoms. The summed E-state index contributed by atoms with van der Waals surface area (Å²) in [4.78, 5) is 10.6. The molecule has 4 nitrogen and oxygen atoms in total. The van der Waals surface area contributed by atoms with Gasteiger partial charge in [-0.2, -0.15) is 0 Å². The first-order valence-electron chi connectivity index (χ1n) is 2.99. The Morgan fingerprint density at radius 2 is 2.20 bits per heavy atom. The molecule has 0 aliphatic rings. The molecule has 0 amide bonds. The Balaban J connectivity index is 3.41. The van der Waals surface area contributed by atoms with Crippen LogP contribution in [-0.4, -0.2) is 26.3 Å². The predicted octanol–water partition coefficient (Wildman–Crippen LogP) is -0.313. The van der Waals surface area contributed by atoms with Gasteiger partial charge in [0.05, 0.1) is 13.7 Å². The monoisotopic (exact) mass is 146 g/mol. The van der Waals surface area contributed by atoms with Gasteiger partial charge in [-0.05, 0) is 6.92 Å². The zero-order valence-corrected chi connectivity index (χ0v) is 6.22. The van der Waals surface area contributed by atoms with E-state index in [0.29, 0.717) is 6.61 Å². The lowest BCUT2D eigenvalue weighted by molar-refractivity contribution is -0.139. The summed E-state index contributed by atoms with van der Waals surface area (Å²) >= 11 is 0. The van der Waals surface area contributed by atoms with E-state index in [2.05, 4.69) is 4.74 Å². The number of ether oxygens (including phenoxy) is 2. The van der Waals surface area contributed by atoms with E-state index in [4.69, 9.17) is 10.5 Å². The van der Waals surface area contributed by atoms with Crippen LogP contribution >= 0.6 is 0 Å². The topological polar surface area (TPSA) is 61.5 Å². The molecule has 0 rings (SSSR count). The second kappa shape index (κ2) is 5.20. The molecule has 0 saturated carbocycles. The number of hydrogen-bond donors (Lipinski definition) is 1. The van der Waals surface area contributed by atoms with Gasteiger partial charge in [-0.25, -0.2) is 4.79 Å². The summed E-state index contributed by atoms with van der Waals surface area (Å²) in [6, 6.07) is 0.101. The molecule has 2 N–H and O–H groups in total. The summed E-state index contributed by atoms with van der Waals surface area (Å²) < 4.78 is 9.18. The SMILES string of the molecule is CCOC[C](N)C(=O)OC. The van der Waals surface area contributed by atoms with Crippen molar-refractivity contribution in [3.05, 3.63) is 6.04 Å². The molecule has 0 aromatic heterocycles. The van der Waals surface area contributed by atoms with Crippen molar-refractivity contribution in [2.45, 2.75) is 6.92 Å². The third kappa shape index (κ3) is 3.42. The van der Waals surface area contributed by atoms with Crippen molar-refractivity contribution in [3.63, 3.8) is 0 Å². The van der Waals surface area contributed by atoms with E-state index in [1.54, 1.807) is 0 Å². The highest BCUT2D eigenvalue weighted by Crippen LogP contribution is 1.92. The van der Waals surface area contributed by atoms with Crippen molar-refractivity contribution in [2.24, 2.45) is 5.73 Å². The van der Waals surface area contributed by atoms with Crippen LogP contribution in [0.15, 0.2) is 0 Å². The fourth-order valence-corrected chi connectivity index (χ4v) is 0.402. The lowest BCUT2D eigenvalue weighted by Crippen LogP contribution is -2.27. The van der Waals surface area contributed by atoms with Gasteiger partial charge in [0, 0.05) is 6.61 Å². The number of carbonyl (C=O) groups excluding carboxylic acids is 1. The molecule has 59 valence electrons. The molecular formula is C6H12NO3. The summed E-state index contributed by atoms with van der Waals surface area (Å²) in [5.74, 6) is -0.520. The highest BCUT2D eigenvalue weighted by Gasteiger charge is 2.13. The Kier molecular flexibility index (Phi) is 4.88. The van der Waals surface area contributed by atoms with Gasteiger partial charge in [0.25, 0.3) is 0 Å². The fourth-order valence-electron chi connectivity index (χ4n) is 0.402. The summed E-state index contributed by atoms with van der Waals surface area (Å²) in [5, 5.41) is 0. The van der Waals surface area contributed by atoms with E-state index >= 15 is 0 Å². The number of rotatable bonds is 4. The van der Waals surface area contributed by atoms with Crippen molar-refractivity contribution in [2.75, 3.05) is 20.3 Å². The van der Waals surface area contributed by atoms with E-state index in [0.717, 1.165) is 0 Å². The highest BCUT2D eigenvalue weighted by atomic mass is 16.5. The van der Waals surface area contributed by atoms with Gasteiger partial charge in [-0.15, -0.1) is 0 Å². The maximum atomic E-state index is 10.6. The van der Waals surface area contributed by atoms with Gasteiger partial charge in [0.2, 0.25) is 0 Å². The van der Waals surface area contributed by atoms with Crippen LogP contribution in [0.4, 0.5) is 0 Å².